The second-order valence-electron chi connectivity index (χ2n) is 7.75. The maximum atomic E-state index is 13.1. The topological polar surface area (TPSA) is 106 Å². The standard InChI is InChI=1S/C22H22Cl2N6O2/c1-12-17(8-25)20(16-4-3-15(23)7-18(16)24)30-11-19(28-22(30)27-12)21(32)29-6-5-14(10-29)9-26-13(2)31/h3-4,7,9,11,14H,5-6,8,10,25H2,1-2H3. The van der Waals surface area contributed by atoms with E-state index in [0.29, 0.717) is 34.6 Å². The Labute approximate surface area is 195 Å². The normalized spacial score (nSPS) is 16.4. The number of halogens is 2. The summed E-state index contributed by atoms with van der Waals surface area (Å²) in [5.74, 6) is -0.0134. The molecule has 1 atom stereocenters. The Kier molecular flexibility index (Phi) is 6.28. The number of benzene rings is 1. The van der Waals surface area contributed by atoms with E-state index in [2.05, 4.69) is 15.0 Å². The maximum absolute atomic E-state index is 13.1. The fourth-order valence-electron chi connectivity index (χ4n) is 3.94. The second kappa shape index (κ2) is 8.97. The number of amides is 2. The van der Waals surface area contributed by atoms with Crippen molar-refractivity contribution >= 4 is 47.0 Å². The zero-order valence-corrected chi connectivity index (χ0v) is 19.2. The number of hydrogen-bond acceptors (Lipinski definition) is 5. The van der Waals surface area contributed by atoms with Gasteiger partial charge in [-0.05, 0) is 31.5 Å². The smallest absolute Gasteiger partial charge is 0.274 e. The SMILES string of the molecule is CC(=O)N=CC1CCN(C(=O)c2cn3c(-c4ccc(Cl)cc4Cl)c(CN)c(C)nc3n2)C1. The largest absolute Gasteiger partial charge is 0.337 e. The van der Waals surface area contributed by atoms with Crippen molar-refractivity contribution in [1.82, 2.24) is 19.3 Å². The first-order valence-corrected chi connectivity index (χ1v) is 10.9. The van der Waals surface area contributed by atoms with Crippen molar-refractivity contribution in [2.45, 2.75) is 26.8 Å². The van der Waals surface area contributed by atoms with Gasteiger partial charge in [-0.15, -0.1) is 0 Å². The molecule has 0 spiro atoms. The summed E-state index contributed by atoms with van der Waals surface area (Å²) in [6, 6.07) is 5.23. The van der Waals surface area contributed by atoms with Gasteiger partial charge < -0.3 is 10.6 Å². The summed E-state index contributed by atoms with van der Waals surface area (Å²) in [5.41, 5.74) is 9.30. The van der Waals surface area contributed by atoms with Crippen LogP contribution in [0.4, 0.5) is 0 Å². The molecule has 2 N–H and O–H groups in total. The van der Waals surface area contributed by atoms with Gasteiger partial charge in [0.15, 0.2) is 0 Å². The van der Waals surface area contributed by atoms with Crippen molar-refractivity contribution in [1.29, 1.82) is 0 Å². The van der Waals surface area contributed by atoms with E-state index < -0.39 is 0 Å². The molecule has 1 unspecified atom stereocenters. The third kappa shape index (κ3) is 4.26. The van der Waals surface area contributed by atoms with Crippen molar-refractivity contribution < 1.29 is 9.59 Å². The average molecular weight is 473 g/mol. The Hall–Kier alpha value is -2.81. The van der Waals surface area contributed by atoms with E-state index in [0.717, 1.165) is 23.2 Å². The summed E-state index contributed by atoms with van der Waals surface area (Å²) in [6.07, 6.45) is 4.04. The van der Waals surface area contributed by atoms with Gasteiger partial charge in [-0.2, -0.15) is 0 Å². The van der Waals surface area contributed by atoms with Gasteiger partial charge in [0.2, 0.25) is 11.7 Å². The summed E-state index contributed by atoms with van der Waals surface area (Å²) < 4.78 is 1.75. The number of carbonyl (C=O) groups is 2. The van der Waals surface area contributed by atoms with Crippen molar-refractivity contribution in [2.24, 2.45) is 16.6 Å². The molecule has 166 valence electrons. The number of imidazole rings is 1. The molecule has 4 rings (SSSR count). The van der Waals surface area contributed by atoms with Crippen LogP contribution in [0.25, 0.3) is 17.0 Å². The predicted molar refractivity (Wildman–Crippen MR) is 124 cm³/mol. The molecule has 10 heteroatoms. The number of aliphatic imine (C=N–C) groups is 1. The summed E-state index contributed by atoms with van der Waals surface area (Å²) in [7, 11) is 0. The van der Waals surface area contributed by atoms with Crippen molar-refractivity contribution in [3.05, 3.63) is 51.4 Å². The number of nitrogens with two attached hydrogens (primary N) is 1. The molecule has 1 aliphatic heterocycles. The molecule has 2 aromatic heterocycles. The zero-order valence-electron chi connectivity index (χ0n) is 17.7. The average Bonchev–Trinajstić information content (AvgIpc) is 3.38. The highest BCUT2D eigenvalue weighted by atomic mass is 35.5. The van der Waals surface area contributed by atoms with Crippen molar-refractivity contribution in [3.8, 4) is 11.3 Å². The zero-order chi connectivity index (χ0) is 23.0. The molecule has 1 aliphatic rings. The molecule has 3 heterocycles. The summed E-state index contributed by atoms with van der Waals surface area (Å²) >= 11 is 12.6. The van der Waals surface area contributed by atoms with Gasteiger partial charge in [0.1, 0.15) is 5.69 Å². The first-order valence-electron chi connectivity index (χ1n) is 10.2. The molecule has 2 amide bonds. The Morgan fingerprint density at radius 3 is 2.78 bits per heavy atom. The Bertz CT molecular complexity index is 1250. The van der Waals surface area contributed by atoms with Crippen LogP contribution >= 0.6 is 23.2 Å². The van der Waals surface area contributed by atoms with E-state index in [9.17, 15) is 9.59 Å². The molecule has 8 nitrogen and oxygen atoms in total. The number of rotatable bonds is 4. The van der Waals surface area contributed by atoms with Gasteiger partial charge in [-0.1, -0.05) is 23.2 Å². The number of aromatic nitrogens is 3. The highest BCUT2D eigenvalue weighted by Crippen LogP contribution is 2.34. The molecule has 0 aliphatic carbocycles. The summed E-state index contributed by atoms with van der Waals surface area (Å²) in [5, 5.41) is 0.987. The van der Waals surface area contributed by atoms with Crippen LogP contribution in [0.3, 0.4) is 0 Å². The van der Waals surface area contributed by atoms with E-state index in [-0.39, 0.29) is 30.0 Å². The Morgan fingerprint density at radius 1 is 1.31 bits per heavy atom. The predicted octanol–water partition coefficient (Wildman–Crippen LogP) is 3.55. The van der Waals surface area contributed by atoms with Gasteiger partial charge in [0.05, 0.1) is 10.7 Å². The fraction of sp³-hybridized carbons (Fsp3) is 0.318. The molecule has 3 aromatic rings. The monoisotopic (exact) mass is 472 g/mol. The van der Waals surface area contributed by atoms with E-state index in [1.807, 2.05) is 13.0 Å². The number of aryl methyl sites for hydroxylation is 1. The Balaban J connectivity index is 1.75. The van der Waals surface area contributed by atoms with Crippen LogP contribution in [-0.2, 0) is 11.3 Å². The second-order valence-corrected chi connectivity index (χ2v) is 8.59. The number of fused-ring (bicyclic) bond motifs is 1. The third-order valence-corrected chi connectivity index (χ3v) is 6.05. The Morgan fingerprint density at radius 2 is 2.09 bits per heavy atom. The van der Waals surface area contributed by atoms with E-state index in [4.69, 9.17) is 28.9 Å². The molecule has 1 aromatic carbocycles. The third-order valence-electron chi connectivity index (χ3n) is 5.51. The molecule has 32 heavy (non-hydrogen) atoms. The molecular formula is C22H22Cl2N6O2. The van der Waals surface area contributed by atoms with Gasteiger partial charge in [0.25, 0.3) is 5.91 Å². The van der Waals surface area contributed by atoms with Gasteiger partial charge in [-0.3, -0.25) is 14.0 Å². The van der Waals surface area contributed by atoms with E-state index in [1.165, 1.54) is 6.92 Å². The molecule has 0 bridgehead atoms. The lowest BCUT2D eigenvalue weighted by Crippen LogP contribution is -2.29. The minimum absolute atomic E-state index is 0.0486. The van der Waals surface area contributed by atoms with Crippen LogP contribution in [0, 0.1) is 12.8 Å². The van der Waals surface area contributed by atoms with Crippen LogP contribution in [0.15, 0.2) is 29.4 Å². The van der Waals surface area contributed by atoms with Gasteiger partial charge in [0, 0.05) is 66.7 Å². The minimum Gasteiger partial charge on any atom is -0.337 e. The molecular weight excluding hydrogens is 451 g/mol. The van der Waals surface area contributed by atoms with E-state index >= 15 is 0 Å². The first kappa shape index (κ1) is 22.4. The number of likely N-dealkylation sites (tertiary alicyclic amines) is 1. The van der Waals surface area contributed by atoms with Gasteiger partial charge in [-0.25, -0.2) is 15.0 Å². The van der Waals surface area contributed by atoms with E-state index in [1.54, 1.807) is 33.8 Å². The van der Waals surface area contributed by atoms with Crippen LogP contribution < -0.4 is 5.73 Å². The van der Waals surface area contributed by atoms with Crippen molar-refractivity contribution in [2.75, 3.05) is 13.1 Å². The minimum atomic E-state index is -0.249. The first-order chi connectivity index (χ1) is 15.3. The van der Waals surface area contributed by atoms with Crippen LogP contribution in [-0.4, -0.2) is 50.4 Å². The maximum Gasteiger partial charge on any atom is 0.274 e. The lowest BCUT2D eigenvalue weighted by Gasteiger charge is -2.15. The number of hydrogen-bond donors (Lipinski definition) is 1. The molecule has 1 fully saturated rings. The number of carbonyl (C=O) groups excluding carboxylic acids is 2. The molecule has 0 saturated carbocycles. The lowest BCUT2D eigenvalue weighted by molar-refractivity contribution is -0.115. The van der Waals surface area contributed by atoms with Crippen LogP contribution in [0.1, 0.15) is 35.1 Å². The van der Waals surface area contributed by atoms with Crippen LogP contribution in [0.5, 0.6) is 0 Å². The summed E-state index contributed by atoms with van der Waals surface area (Å²) in [6.45, 7) is 4.55. The van der Waals surface area contributed by atoms with Crippen molar-refractivity contribution in [3.63, 3.8) is 0 Å². The lowest BCUT2D eigenvalue weighted by atomic mass is 10.0. The van der Waals surface area contributed by atoms with Gasteiger partial charge >= 0.3 is 0 Å². The quantitative estimate of drug-likeness (QED) is 0.584. The summed E-state index contributed by atoms with van der Waals surface area (Å²) in [4.78, 5) is 38.8. The number of nitrogens with zero attached hydrogens (tertiary/aromatic N) is 5. The molecule has 0 radical (unpaired) electrons. The van der Waals surface area contributed by atoms with Crippen LogP contribution in [0.2, 0.25) is 10.0 Å². The highest BCUT2D eigenvalue weighted by molar-refractivity contribution is 6.36. The fourth-order valence-corrected chi connectivity index (χ4v) is 4.43. The highest BCUT2D eigenvalue weighted by Gasteiger charge is 2.28. The molecule has 1 saturated heterocycles.